The molecule has 0 radical (unpaired) electrons. The summed E-state index contributed by atoms with van der Waals surface area (Å²) >= 11 is 0. The zero-order valence-electron chi connectivity index (χ0n) is 14.1. The summed E-state index contributed by atoms with van der Waals surface area (Å²) in [6.45, 7) is 5.06. The fourth-order valence-corrected chi connectivity index (χ4v) is 3.15. The number of aromatic nitrogens is 4. The zero-order valence-corrected chi connectivity index (χ0v) is 14.1. The van der Waals surface area contributed by atoms with Crippen LogP contribution in [0, 0.1) is 0 Å². The average molecular weight is 328 g/mol. The molecule has 1 fully saturated rings. The first-order valence-electron chi connectivity index (χ1n) is 8.50. The Balaban J connectivity index is 1.58. The van der Waals surface area contributed by atoms with Crippen LogP contribution in [0.15, 0.2) is 30.6 Å². The van der Waals surface area contributed by atoms with Gasteiger partial charge in [-0.2, -0.15) is 0 Å². The summed E-state index contributed by atoms with van der Waals surface area (Å²) in [6.07, 6.45) is 5.30. The quantitative estimate of drug-likeness (QED) is 0.866. The van der Waals surface area contributed by atoms with E-state index in [4.69, 9.17) is 0 Å². The highest BCUT2D eigenvalue weighted by Crippen LogP contribution is 2.20. The van der Waals surface area contributed by atoms with E-state index in [0.717, 1.165) is 13.1 Å². The largest absolute Gasteiger partial charge is 0.350 e. The van der Waals surface area contributed by atoms with Gasteiger partial charge in [0.15, 0.2) is 0 Å². The smallest absolute Gasteiger partial charge is 0.242 e. The van der Waals surface area contributed by atoms with Crippen molar-refractivity contribution in [3.8, 4) is 0 Å². The fraction of sp³-hybridized carbons (Fsp3) is 0.529. The minimum atomic E-state index is -0.0940. The van der Waals surface area contributed by atoms with E-state index in [2.05, 4.69) is 50.9 Å². The Bertz CT molecular complexity index is 657. The Kier molecular flexibility index (Phi) is 5.53. The summed E-state index contributed by atoms with van der Waals surface area (Å²) in [6, 6.07) is 8.95. The predicted molar refractivity (Wildman–Crippen MR) is 89.8 cm³/mol. The van der Waals surface area contributed by atoms with Gasteiger partial charge in [-0.1, -0.05) is 30.7 Å². The van der Waals surface area contributed by atoms with Crippen molar-refractivity contribution < 1.29 is 4.79 Å². The molecule has 1 aromatic heterocycles. The van der Waals surface area contributed by atoms with Crippen molar-refractivity contribution in [3.05, 3.63) is 41.7 Å². The van der Waals surface area contributed by atoms with Gasteiger partial charge in [0, 0.05) is 19.1 Å². The molecule has 3 rings (SSSR count). The first-order chi connectivity index (χ1) is 11.7. The summed E-state index contributed by atoms with van der Waals surface area (Å²) in [5.41, 5.74) is 2.45. The fourth-order valence-electron chi connectivity index (χ4n) is 3.15. The molecule has 1 N–H and O–H groups in total. The molecule has 2 aromatic rings. The molecule has 24 heavy (non-hydrogen) atoms. The van der Waals surface area contributed by atoms with Crippen molar-refractivity contribution in [1.29, 1.82) is 0 Å². The number of likely N-dealkylation sites (tertiary alicyclic amines) is 1. The molecular formula is C17H24N6O. The zero-order chi connectivity index (χ0) is 16.8. The Morgan fingerprint density at radius 1 is 1.29 bits per heavy atom. The Hall–Kier alpha value is -2.28. The second-order valence-electron chi connectivity index (χ2n) is 6.37. The van der Waals surface area contributed by atoms with E-state index in [1.54, 1.807) is 0 Å². The van der Waals surface area contributed by atoms with Gasteiger partial charge in [-0.15, -0.1) is 5.10 Å². The van der Waals surface area contributed by atoms with Crippen molar-refractivity contribution in [1.82, 2.24) is 30.4 Å². The van der Waals surface area contributed by atoms with E-state index < -0.39 is 0 Å². The second kappa shape index (κ2) is 8.01. The van der Waals surface area contributed by atoms with E-state index in [1.807, 2.05) is 6.07 Å². The molecular weight excluding hydrogens is 304 g/mol. The minimum absolute atomic E-state index is 0.0940. The SMILES string of the molecule is C[C@H]1CCCCN1Cc1ccccc1CNC(=O)Cn1cnnn1. The summed E-state index contributed by atoms with van der Waals surface area (Å²) in [5, 5.41) is 13.7. The summed E-state index contributed by atoms with van der Waals surface area (Å²) < 4.78 is 1.41. The third kappa shape index (κ3) is 4.38. The van der Waals surface area contributed by atoms with Crippen LogP contribution in [0.3, 0.4) is 0 Å². The van der Waals surface area contributed by atoms with E-state index in [9.17, 15) is 4.79 Å². The number of piperidine rings is 1. The van der Waals surface area contributed by atoms with Crippen molar-refractivity contribution in [2.75, 3.05) is 6.54 Å². The van der Waals surface area contributed by atoms with Crippen molar-refractivity contribution in [2.24, 2.45) is 0 Å². The molecule has 0 unspecified atom stereocenters. The number of hydrogen-bond acceptors (Lipinski definition) is 5. The highest BCUT2D eigenvalue weighted by Gasteiger charge is 2.19. The second-order valence-corrected chi connectivity index (χ2v) is 6.37. The van der Waals surface area contributed by atoms with Gasteiger partial charge in [-0.25, -0.2) is 4.68 Å². The van der Waals surface area contributed by atoms with Gasteiger partial charge in [0.1, 0.15) is 12.9 Å². The summed E-state index contributed by atoms with van der Waals surface area (Å²) in [5.74, 6) is -0.0940. The number of carbonyl (C=O) groups excluding carboxylic acids is 1. The van der Waals surface area contributed by atoms with Gasteiger partial charge >= 0.3 is 0 Å². The molecule has 1 aromatic carbocycles. The molecule has 7 heteroatoms. The average Bonchev–Trinajstić information content (AvgIpc) is 3.09. The van der Waals surface area contributed by atoms with Crippen LogP contribution in [0.1, 0.15) is 37.3 Å². The van der Waals surface area contributed by atoms with Crippen molar-refractivity contribution in [3.63, 3.8) is 0 Å². The van der Waals surface area contributed by atoms with Crippen molar-refractivity contribution >= 4 is 5.91 Å². The number of nitrogens with zero attached hydrogens (tertiary/aromatic N) is 5. The number of hydrogen-bond donors (Lipinski definition) is 1. The standard InChI is InChI=1S/C17H24N6O/c1-14-6-4-5-9-22(14)11-16-8-3-2-7-15(16)10-18-17(24)12-23-13-19-20-21-23/h2-3,7-8,13-14H,4-6,9-12H2,1H3,(H,18,24)/t14-/m0/s1. The number of benzene rings is 1. The molecule has 1 aliphatic heterocycles. The Morgan fingerprint density at radius 3 is 2.88 bits per heavy atom. The molecule has 7 nitrogen and oxygen atoms in total. The van der Waals surface area contributed by atoms with Crippen LogP contribution in [0.25, 0.3) is 0 Å². The normalized spacial score (nSPS) is 18.5. The Labute approximate surface area is 142 Å². The van der Waals surface area contributed by atoms with Gasteiger partial charge in [-0.05, 0) is 47.9 Å². The topological polar surface area (TPSA) is 75.9 Å². The Morgan fingerprint density at radius 2 is 2.12 bits per heavy atom. The van der Waals surface area contributed by atoms with Crippen LogP contribution in [0.2, 0.25) is 0 Å². The van der Waals surface area contributed by atoms with E-state index >= 15 is 0 Å². The minimum Gasteiger partial charge on any atom is -0.350 e. The van der Waals surface area contributed by atoms with Crippen LogP contribution < -0.4 is 5.32 Å². The summed E-state index contributed by atoms with van der Waals surface area (Å²) in [4.78, 5) is 14.5. The van der Waals surface area contributed by atoms with Gasteiger partial charge in [0.25, 0.3) is 0 Å². The molecule has 128 valence electrons. The lowest BCUT2D eigenvalue weighted by molar-refractivity contribution is -0.122. The third-order valence-corrected chi connectivity index (χ3v) is 4.61. The molecule has 0 spiro atoms. The molecule has 1 aliphatic rings. The highest BCUT2D eigenvalue weighted by molar-refractivity contribution is 5.75. The number of amides is 1. The number of carbonyl (C=O) groups is 1. The first-order valence-corrected chi connectivity index (χ1v) is 8.50. The lowest BCUT2D eigenvalue weighted by Crippen LogP contribution is -2.37. The van der Waals surface area contributed by atoms with Crippen LogP contribution in [-0.4, -0.2) is 43.6 Å². The van der Waals surface area contributed by atoms with Gasteiger partial charge in [0.05, 0.1) is 0 Å². The van der Waals surface area contributed by atoms with Crippen LogP contribution in [0.4, 0.5) is 0 Å². The van der Waals surface area contributed by atoms with E-state index in [-0.39, 0.29) is 12.5 Å². The van der Waals surface area contributed by atoms with Gasteiger partial charge in [0.2, 0.25) is 5.91 Å². The van der Waals surface area contributed by atoms with Crippen molar-refractivity contribution in [2.45, 2.75) is 51.9 Å². The maximum Gasteiger partial charge on any atom is 0.242 e. The highest BCUT2D eigenvalue weighted by atomic mass is 16.2. The lowest BCUT2D eigenvalue weighted by Gasteiger charge is -2.33. The molecule has 1 amide bonds. The van der Waals surface area contributed by atoms with Crippen LogP contribution in [-0.2, 0) is 24.4 Å². The first kappa shape index (κ1) is 16.6. The molecule has 2 heterocycles. The number of tetrazole rings is 1. The van der Waals surface area contributed by atoms with Gasteiger partial charge in [-0.3, -0.25) is 9.69 Å². The maximum atomic E-state index is 12.0. The number of rotatable bonds is 6. The summed E-state index contributed by atoms with van der Waals surface area (Å²) in [7, 11) is 0. The van der Waals surface area contributed by atoms with Gasteiger partial charge < -0.3 is 5.32 Å². The lowest BCUT2D eigenvalue weighted by atomic mass is 10.0. The maximum absolute atomic E-state index is 12.0. The van der Waals surface area contributed by atoms with Crippen LogP contribution >= 0.6 is 0 Å². The molecule has 0 bridgehead atoms. The van der Waals surface area contributed by atoms with E-state index in [0.29, 0.717) is 12.6 Å². The molecule has 1 saturated heterocycles. The molecule has 0 saturated carbocycles. The van der Waals surface area contributed by atoms with E-state index in [1.165, 1.54) is 41.4 Å². The van der Waals surface area contributed by atoms with Crippen LogP contribution in [0.5, 0.6) is 0 Å². The number of nitrogens with one attached hydrogen (secondary N) is 1. The monoisotopic (exact) mass is 328 g/mol. The third-order valence-electron chi connectivity index (χ3n) is 4.61. The molecule has 0 aliphatic carbocycles. The molecule has 1 atom stereocenters. The predicted octanol–water partition coefficient (Wildman–Crippen LogP) is 1.36.